The molecule has 1 aromatic rings. The molecule has 1 rings (SSSR count). The molecule has 0 radical (unpaired) electrons. The first-order valence-electron chi connectivity index (χ1n) is 5.18. The predicted molar refractivity (Wildman–Crippen MR) is 57.5 cm³/mol. The van der Waals surface area contributed by atoms with E-state index in [1.54, 1.807) is 0 Å². The van der Waals surface area contributed by atoms with Gasteiger partial charge in [-0.05, 0) is 31.5 Å². The molecule has 2 unspecified atom stereocenters. The molecule has 0 spiro atoms. The van der Waals surface area contributed by atoms with Gasteiger partial charge in [-0.1, -0.05) is 12.1 Å². The Kier molecular flexibility index (Phi) is 4.17. The van der Waals surface area contributed by atoms with Gasteiger partial charge in [-0.3, -0.25) is 0 Å². The smallest absolute Gasteiger partial charge is 0.344 e. The maximum absolute atomic E-state index is 13.7. The van der Waals surface area contributed by atoms with Crippen molar-refractivity contribution in [1.82, 2.24) is 0 Å². The number of hydrogen-bond donors (Lipinski definition) is 1. The number of carbonyl (C=O) groups is 1. The summed E-state index contributed by atoms with van der Waals surface area (Å²) >= 11 is 0. The van der Waals surface area contributed by atoms with Crippen molar-refractivity contribution in [3.05, 3.63) is 35.6 Å². The highest BCUT2D eigenvalue weighted by molar-refractivity contribution is 5.76. The maximum Gasteiger partial charge on any atom is 0.344 e. The van der Waals surface area contributed by atoms with E-state index in [0.717, 1.165) is 19.1 Å². The van der Waals surface area contributed by atoms with Crippen LogP contribution in [0.25, 0.3) is 0 Å². The van der Waals surface area contributed by atoms with Gasteiger partial charge in [0.25, 0.3) is 0 Å². The second-order valence-corrected chi connectivity index (χ2v) is 3.77. The first-order valence-corrected chi connectivity index (χ1v) is 5.18. The van der Waals surface area contributed by atoms with Crippen molar-refractivity contribution < 1.29 is 23.4 Å². The molecule has 1 N–H and O–H groups in total. The average molecular weight is 244 g/mol. The first-order chi connectivity index (χ1) is 7.89. The summed E-state index contributed by atoms with van der Waals surface area (Å²) in [5.41, 5.74) is -2.13. The zero-order chi connectivity index (χ0) is 13.1. The lowest BCUT2D eigenvalue weighted by atomic mass is 9.91. The van der Waals surface area contributed by atoms with Gasteiger partial charge in [0.2, 0.25) is 6.17 Å². The topological polar surface area (TPSA) is 46.5 Å². The molecule has 17 heavy (non-hydrogen) atoms. The van der Waals surface area contributed by atoms with E-state index in [9.17, 15) is 18.7 Å². The van der Waals surface area contributed by atoms with Crippen LogP contribution < -0.4 is 0 Å². The molecule has 0 aliphatic heterocycles. The lowest BCUT2D eigenvalue weighted by Gasteiger charge is -2.26. The van der Waals surface area contributed by atoms with Crippen molar-refractivity contribution in [2.75, 3.05) is 6.61 Å². The van der Waals surface area contributed by atoms with Crippen LogP contribution in [0.5, 0.6) is 0 Å². The monoisotopic (exact) mass is 244 g/mol. The first kappa shape index (κ1) is 13.6. The van der Waals surface area contributed by atoms with E-state index >= 15 is 0 Å². The molecule has 5 heteroatoms. The molecule has 1 aromatic carbocycles. The number of carbonyl (C=O) groups excluding carboxylic acids is 1. The molecule has 0 aromatic heterocycles. The Morgan fingerprint density at radius 2 is 2.24 bits per heavy atom. The van der Waals surface area contributed by atoms with Crippen molar-refractivity contribution in [2.45, 2.75) is 25.6 Å². The number of ether oxygens (including phenoxy) is 1. The van der Waals surface area contributed by atoms with Gasteiger partial charge in [0, 0.05) is 0 Å². The average Bonchev–Trinajstić information content (AvgIpc) is 2.28. The Labute approximate surface area is 98.0 Å². The third-order valence-electron chi connectivity index (χ3n) is 2.40. The van der Waals surface area contributed by atoms with E-state index in [4.69, 9.17) is 0 Å². The van der Waals surface area contributed by atoms with E-state index in [-0.39, 0.29) is 12.2 Å². The summed E-state index contributed by atoms with van der Waals surface area (Å²) in [6.07, 6.45) is -2.26. The van der Waals surface area contributed by atoms with E-state index < -0.39 is 23.6 Å². The summed E-state index contributed by atoms with van der Waals surface area (Å²) in [7, 11) is 0. The summed E-state index contributed by atoms with van der Waals surface area (Å²) in [6.45, 7) is 2.64. The van der Waals surface area contributed by atoms with Crippen LogP contribution in [-0.4, -0.2) is 23.9 Å². The van der Waals surface area contributed by atoms with E-state index in [1.165, 1.54) is 19.1 Å². The predicted octanol–water partition coefficient (Wildman–Crippen LogP) is 1.93. The summed E-state index contributed by atoms with van der Waals surface area (Å²) in [5.74, 6) is -1.78. The molecular weight excluding hydrogens is 230 g/mol. The number of hydrogen-bond acceptors (Lipinski definition) is 3. The normalized spacial score (nSPS) is 16.1. The van der Waals surface area contributed by atoms with Crippen molar-refractivity contribution in [3.63, 3.8) is 0 Å². The fraction of sp³-hybridized carbons (Fsp3) is 0.417. The minimum atomic E-state index is -2.26. The third kappa shape index (κ3) is 3.00. The fourth-order valence-electron chi connectivity index (χ4n) is 1.39. The van der Waals surface area contributed by atoms with Crippen molar-refractivity contribution >= 4 is 5.97 Å². The molecule has 3 nitrogen and oxygen atoms in total. The Morgan fingerprint density at radius 1 is 1.59 bits per heavy atom. The van der Waals surface area contributed by atoms with E-state index in [2.05, 4.69) is 4.74 Å². The minimum absolute atomic E-state index is 0.0124. The van der Waals surface area contributed by atoms with Crippen molar-refractivity contribution in [1.29, 1.82) is 0 Å². The maximum atomic E-state index is 13.7. The van der Waals surface area contributed by atoms with Crippen LogP contribution in [0, 0.1) is 5.82 Å². The Bertz CT molecular complexity index is 404. The van der Waals surface area contributed by atoms with Gasteiger partial charge in [-0.25, -0.2) is 13.6 Å². The van der Waals surface area contributed by atoms with Crippen LogP contribution in [0.15, 0.2) is 24.3 Å². The van der Waals surface area contributed by atoms with Gasteiger partial charge >= 0.3 is 5.97 Å². The van der Waals surface area contributed by atoms with Gasteiger partial charge in [0.1, 0.15) is 11.4 Å². The zero-order valence-corrected chi connectivity index (χ0v) is 9.61. The number of aliphatic hydroxyl groups is 1. The summed E-state index contributed by atoms with van der Waals surface area (Å²) < 4.78 is 31.2. The van der Waals surface area contributed by atoms with Gasteiger partial charge in [-0.15, -0.1) is 0 Å². The number of rotatable bonds is 4. The zero-order valence-electron chi connectivity index (χ0n) is 9.61. The standard InChI is InChI=1S/C12H14F2O3/c1-3-17-11(15)10(14)12(2,16)8-5-4-6-9(13)7-8/h4-7,10,16H,3H2,1-2H3. The molecule has 0 aliphatic rings. The quantitative estimate of drug-likeness (QED) is 0.823. The van der Waals surface area contributed by atoms with E-state index in [1.807, 2.05) is 0 Å². The highest BCUT2D eigenvalue weighted by atomic mass is 19.1. The SMILES string of the molecule is CCOC(=O)C(F)C(C)(O)c1cccc(F)c1. The van der Waals surface area contributed by atoms with Gasteiger partial charge in [-0.2, -0.15) is 0 Å². The highest BCUT2D eigenvalue weighted by Crippen LogP contribution is 2.28. The van der Waals surface area contributed by atoms with Crippen LogP contribution >= 0.6 is 0 Å². The minimum Gasteiger partial charge on any atom is -0.464 e. The highest BCUT2D eigenvalue weighted by Gasteiger charge is 2.40. The van der Waals surface area contributed by atoms with Gasteiger partial charge in [0.05, 0.1) is 6.61 Å². The van der Waals surface area contributed by atoms with Gasteiger partial charge < -0.3 is 9.84 Å². The van der Waals surface area contributed by atoms with Crippen LogP contribution in [0.2, 0.25) is 0 Å². The number of benzene rings is 1. The second kappa shape index (κ2) is 5.23. The van der Waals surface area contributed by atoms with E-state index in [0.29, 0.717) is 0 Å². The Balaban J connectivity index is 2.97. The van der Waals surface area contributed by atoms with Crippen molar-refractivity contribution in [3.8, 4) is 0 Å². The summed E-state index contributed by atoms with van der Waals surface area (Å²) in [5, 5.41) is 9.93. The molecule has 0 fully saturated rings. The molecular formula is C12H14F2O3. The Hall–Kier alpha value is -1.49. The lowest BCUT2D eigenvalue weighted by Crippen LogP contribution is -2.40. The molecule has 0 bridgehead atoms. The van der Waals surface area contributed by atoms with Crippen molar-refractivity contribution in [2.24, 2.45) is 0 Å². The molecule has 2 atom stereocenters. The summed E-state index contributed by atoms with van der Waals surface area (Å²) in [6, 6.07) is 4.81. The van der Waals surface area contributed by atoms with Crippen LogP contribution in [0.3, 0.4) is 0 Å². The molecule has 0 saturated heterocycles. The largest absolute Gasteiger partial charge is 0.464 e. The molecule has 0 amide bonds. The molecule has 0 aliphatic carbocycles. The lowest BCUT2D eigenvalue weighted by molar-refractivity contribution is -0.160. The van der Waals surface area contributed by atoms with Crippen LogP contribution in [0.1, 0.15) is 19.4 Å². The number of alkyl halides is 1. The molecule has 94 valence electrons. The number of halogens is 2. The van der Waals surface area contributed by atoms with Crippen LogP contribution in [-0.2, 0) is 15.1 Å². The molecule has 0 heterocycles. The summed E-state index contributed by atoms with van der Waals surface area (Å²) in [4.78, 5) is 11.2. The Morgan fingerprint density at radius 3 is 2.76 bits per heavy atom. The van der Waals surface area contributed by atoms with Crippen LogP contribution in [0.4, 0.5) is 8.78 Å². The second-order valence-electron chi connectivity index (χ2n) is 3.77. The molecule has 0 saturated carbocycles. The fourth-order valence-corrected chi connectivity index (χ4v) is 1.39. The third-order valence-corrected chi connectivity index (χ3v) is 2.40. The van der Waals surface area contributed by atoms with Gasteiger partial charge in [0.15, 0.2) is 0 Å². The number of esters is 1.